The molecule has 3 fully saturated rings. The van der Waals surface area contributed by atoms with E-state index in [0.29, 0.717) is 11.5 Å². The van der Waals surface area contributed by atoms with Gasteiger partial charge in [-0.2, -0.15) is 0 Å². The first kappa shape index (κ1) is 14.4. The molecule has 1 atom stereocenters. The summed E-state index contributed by atoms with van der Waals surface area (Å²) in [4.78, 5) is 14.2. The van der Waals surface area contributed by atoms with E-state index in [4.69, 9.17) is 0 Å². The van der Waals surface area contributed by atoms with Crippen LogP contribution in [-0.4, -0.2) is 34.1 Å². The summed E-state index contributed by atoms with van der Waals surface area (Å²) in [6, 6.07) is 0.528. The fourth-order valence-corrected chi connectivity index (χ4v) is 5.34. The van der Waals surface area contributed by atoms with Crippen molar-refractivity contribution in [3.63, 3.8) is 0 Å². The summed E-state index contributed by atoms with van der Waals surface area (Å²) < 4.78 is 0. The van der Waals surface area contributed by atoms with Crippen LogP contribution >= 0.6 is 0 Å². The maximum absolute atomic E-state index is 11.8. The number of hydrogen-bond donors (Lipinski definition) is 1. The molecule has 3 nitrogen and oxygen atoms in total. The first-order valence-corrected chi connectivity index (χ1v) is 8.62. The van der Waals surface area contributed by atoms with E-state index in [1.807, 2.05) is 6.92 Å². The van der Waals surface area contributed by atoms with Crippen LogP contribution in [0.15, 0.2) is 0 Å². The molecular formula is C17H29NO2. The van der Waals surface area contributed by atoms with E-state index < -0.39 is 11.5 Å². The van der Waals surface area contributed by atoms with Gasteiger partial charge >= 0.3 is 5.97 Å². The molecule has 0 bridgehead atoms. The highest BCUT2D eigenvalue weighted by Crippen LogP contribution is 2.51. The fraction of sp³-hybridized carbons (Fsp3) is 0.941. The zero-order valence-electron chi connectivity index (χ0n) is 12.9. The third-order valence-electron chi connectivity index (χ3n) is 6.64. The topological polar surface area (TPSA) is 40.5 Å². The van der Waals surface area contributed by atoms with Gasteiger partial charge in [-0.15, -0.1) is 0 Å². The maximum atomic E-state index is 11.8. The van der Waals surface area contributed by atoms with Crippen molar-refractivity contribution in [3.05, 3.63) is 0 Å². The van der Waals surface area contributed by atoms with E-state index in [9.17, 15) is 9.90 Å². The molecule has 3 rings (SSSR count). The van der Waals surface area contributed by atoms with E-state index >= 15 is 0 Å². The van der Waals surface area contributed by atoms with Crippen LogP contribution in [0.2, 0.25) is 0 Å². The van der Waals surface area contributed by atoms with Gasteiger partial charge in [0.05, 0.1) is 0 Å². The van der Waals surface area contributed by atoms with E-state index in [1.54, 1.807) is 0 Å². The summed E-state index contributed by atoms with van der Waals surface area (Å²) in [5.74, 6) is -0.585. The second-order valence-corrected chi connectivity index (χ2v) is 7.43. The maximum Gasteiger partial charge on any atom is 0.324 e. The lowest BCUT2D eigenvalue weighted by Crippen LogP contribution is -2.55. The summed E-state index contributed by atoms with van der Waals surface area (Å²) in [6.07, 6.45) is 13.5. The third-order valence-corrected chi connectivity index (χ3v) is 6.64. The Kier molecular flexibility index (Phi) is 3.83. The first-order chi connectivity index (χ1) is 9.62. The lowest BCUT2D eigenvalue weighted by Gasteiger charge is -2.45. The standard InChI is InChI=1S/C17H29NO2/c1-2-17(15(19)20)10-5-13-18(17)14-6-11-16(12-7-14)8-3-4-9-16/h14H,2-13H2,1H3,(H,19,20). The van der Waals surface area contributed by atoms with Crippen molar-refractivity contribution < 1.29 is 9.90 Å². The Hall–Kier alpha value is -0.570. The second kappa shape index (κ2) is 5.32. The minimum atomic E-state index is -0.585. The van der Waals surface area contributed by atoms with Crippen LogP contribution in [0.4, 0.5) is 0 Å². The molecule has 3 aliphatic rings. The van der Waals surface area contributed by atoms with Crippen molar-refractivity contribution >= 4 is 5.97 Å². The normalized spacial score (nSPS) is 34.9. The summed E-state index contributed by atoms with van der Waals surface area (Å²) in [5.41, 5.74) is 0.0964. The van der Waals surface area contributed by atoms with Crippen LogP contribution in [0.5, 0.6) is 0 Å². The second-order valence-electron chi connectivity index (χ2n) is 7.43. The Bertz CT molecular complexity index is 365. The van der Waals surface area contributed by atoms with Crippen LogP contribution < -0.4 is 0 Å². The fourth-order valence-electron chi connectivity index (χ4n) is 5.34. The summed E-state index contributed by atoms with van der Waals surface area (Å²) in [7, 11) is 0. The molecule has 1 aliphatic heterocycles. The van der Waals surface area contributed by atoms with Gasteiger partial charge in [-0.3, -0.25) is 9.69 Å². The minimum absolute atomic E-state index is 0.528. The molecule has 2 aliphatic carbocycles. The van der Waals surface area contributed by atoms with E-state index in [2.05, 4.69) is 4.90 Å². The predicted molar refractivity (Wildman–Crippen MR) is 79.8 cm³/mol. The van der Waals surface area contributed by atoms with Gasteiger partial charge in [0.2, 0.25) is 0 Å². The van der Waals surface area contributed by atoms with Crippen molar-refractivity contribution in [2.45, 2.75) is 89.1 Å². The van der Waals surface area contributed by atoms with Gasteiger partial charge in [0.1, 0.15) is 5.54 Å². The van der Waals surface area contributed by atoms with Crippen molar-refractivity contribution in [1.29, 1.82) is 0 Å². The molecule has 0 aromatic heterocycles. The van der Waals surface area contributed by atoms with Gasteiger partial charge in [-0.25, -0.2) is 0 Å². The Labute approximate surface area is 122 Å². The Morgan fingerprint density at radius 1 is 1.10 bits per heavy atom. The molecule has 1 saturated heterocycles. The van der Waals surface area contributed by atoms with Crippen molar-refractivity contribution in [1.82, 2.24) is 4.90 Å². The van der Waals surface area contributed by atoms with Gasteiger partial charge in [0.25, 0.3) is 0 Å². The summed E-state index contributed by atoms with van der Waals surface area (Å²) in [6.45, 7) is 3.05. The van der Waals surface area contributed by atoms with Gasteiger partial charge in [0, 0.05) is 6.04 Å². The van der Waals surface area contributed by atoms with E-state index in [0.717, 1.165) is 25.8 Å². The Morgan fingerprint density at radius 3 is 2.30 bits per heavy atom. The highest BCUT2D eigenvalue weighted by atomic mass is 16.4. The molecule has 0 radical (unpaired) electrons. The van der Waals surface area contributed by atoms with Gasteiger partial charge in [-0.1, -0.05) is 19.8 Å². The highest BCUT2D eigenvalue weighted by Gasteiger charge is 2.50. The average Bonchev–Trinajstić information content (AvgIpc) is 3.07. The number of carbonyl (C=O) groups is 1. The quantitative estimate of drug-likeness (QED) is 0.854. The molecule has 114 valence electrons. The first-order valence-electron chi connectivity index (χ1n) is 8.62. The minimum Gasteiger partial charge on any atom is -0.480 e. The van der Waals surface area contributed by atoms with E-state index in [-0.39, 0.29) is 0 Å². The molecule has 1 heterocycles. The smallest absolute Gasteiger partial charge is 0.324 e. The zero-order chi connectivity index (χ0) is 14.2. The highest BCUT2D eigenvalue weighted by molar-refractivity contribution is 5.79. The van der Waals surface area contributed by atoms with E-state index in [1.165, 1.54) is 51.4 Å². The Morgan fingerprint density at radius 2 is 1.75 bits per heavy atom. The largest absolute Gasteiger partial charge is 0.480 e. The molecule has 2 saturated carbocycles. The zero-order valence-corrected chi connectivity index (χ0v) is 12.9. The van der Waals surface area contributed by atoms with Crippen LogP contribution in [0.25, 0.3) is 0 Å². The lowest BCUT2D eigenvalue weighted by molar-refractivity contribution is -0.152. The molecule has 1 unspecified atom stereocenters. The lowest BCUT2D eigenvalue weighted by atomic mass is 9.70. The molecule has 0 aromatic rings. The summed E-state index contributed by atoms with van der Waals surface area (Å²) >= 11 is 0. The molecule has 1 spiro atoms. The number of hydrogen-bond acceptors (Lipinski definition) is 2. The molecule has 3 heteroatoms. The number of nitrogens with zero attached hydrogens (tertiary/aromatic N) is 1. The van der Waals surface area contributed by atoms with Gasteiger partial charge < -0.3 is 5.11 Å². The monoisotopic (exact) mass is 279 g/mol. The summed E-state index contributed by atoms with van der Waals surface area (Å²) in [5, 5.41) is 9.73. The third kappa shape index (κ3) is 2.18. The molecule has 20 heavy (non-hydrogen) atoms. The number of likely N-dealkylation sites (tertiary alicyclic amines) is 1. The Balaban J connectivity index is 1.69. The molecule has 0 aromatic carbocycles. The molecule has 1 N–H and O–H groups in total. The number of carboxylic acids is 1. The van der Waals surface area contributed by atoms with Crippen LogP contribution in [0, 0.1) is 5.41 Å². The van der Waals surface area contributed by atoms with Crippen molar-refractivity contribution in [2.24, 2.45) is 5.41 Å². The predicted octanol–water partition coefficient (Wildman–Crippen LogP) is 3.82. The van der Waals surface area contributed by atoms with Crippen molar-refractivity contribution in [3.8, 4) is 0 Å². The van der Waals surface area contributed by atoms with Gasteiger partial charge in [-0.05, 0) is 69.7 Å². The number of aliphatic carboxylic acids is 1. The molecular weight excluding hydrogens is 250 g/mol. The van der Waals surface area contributed by atoms with Crippen LogP contribution in [0.1, 0.15) is 77.6 Å². The average molecular weight is 279 g/mol. The SMILES string of the molecule is CCC1(C(=O)O)CCCN1C1CCC2(CCCC2)CC1. The number of carboxylic acid groups (broad SMARTS) is 1. The number of rotatable bonds is 3. The van der Waals surface area contributed by atoms with Gasteiger partial charge in [0.15, 0.2) is 0 Å². The van der Waals surface area contributed by atoms with Crippen molar-refractivity contribution in [2.75, 3.05) is 6.54 Å². The van der Waals surface area contributed by atoms with Crippen LogP contribution in [-0.2, 0) is 4.79 Å². The molecule has 0 amide bonds. The van der Waals surface area contributed by atoms with Crippen LogP contribution in [0.3, 0.4) is 0 Å².